The molecule has 0 N–H and O–H groups in total. The minimum Gasteiger partial charge on any atom is -0.338 e. The lowest BCUT2D eigenvalue weighted by Crippen LogP contribution is -2.40. The lowest BCUT2D eigenvalue weighted by atomic mass is 9.96. The molecule has 0 bridgehead atoms. The number of rotatable bonds is 3. The van der Waals surface area contributed by atoms with Crippen molar-refractivity contribution < 1.29 is 4.79 Å². The number of para-hydroxylation sites is 3. The summed E-state index contributed by atoms with van der Waals surface area (Å²) in [6.45, 7) is 1.34. The number of carbonyl (C=O) groups excluding carboxylic acids is 1. The Balaban J connectivity index is 1.42. The van der Waals surface area contributed by atoms with Gasteiger partial charge in [0.1, 0.15) is 5.82 Å². The summed E-state index contributed by atoms with van der Waals surface area (Å²) in [5.41, 5.74) is 3.21. The number of fused-ring (bicyclic) bond motifs is 1. The van der Waals surface area contributed by atoms with E-state index in [1.807, 2.05) is 60.5 Å². The van der Waals surface area contributed by atoms with Crippen molar-refractivity contribution in [3.8, 4) is 5.69 Å². The van der Waals surface area contributed by atoms with Gasteiger partial charge in [-0.25, -0.2) is 4.98 Å². The lowest BCUT2D eigenvalue weighted by molar-refractivity contribution is 0.0703. The summed E-state index contributed by atoms with van der Waals surface area (Å²) < 4.78 is 3.67. The van der Waals surface area contributed by atoms with Gasteiger partial charge in [0, 0.05) is 44.0 Å². The minimum atomic E-state index is -0.154. The molecule has 5 rings (SSSR count). The van der Waals surface area contributed by atoms with Crippen LogP contribution in [0.25, 0.3) is 16.7 Å². The van der Waals surface area contributed by atoms with Gasteiger partial charge in [-0.3, -0.25) is 14.2 Å². The molecular weight excluding hydrogens is 388 g/mol. The number of hydrogen-bond acceptors (Lipinski definition) is 3. The van der Waals surface area contributed by atoms with Gasteiger partial charge in [-0.2, -0.15) is 0 Å². The maximum absolute atomic E-state index is 13.3. The first-order valence-corrected chi connectivity index (χ1v) is 10.6. The molecule has 0 saturated carbocycles. The summed E-state index contributed by atoms with van der Waals surface area (Å²) in [5.74, 6) is 1.16. The molecule has 1 fully saturated rings. The normalized spacial score (nSPS) is 16.5. The molecule has 0 aliphatic carbocycles. The van der Waals surface area contributed by atoms with E-state index in [0.29, 0.717) is 18.7 Å². The van der Waals surface area contributed by atoms with Crippen LogP contribution in [0.15, 0.2) is 77.7 Å². The van der Waals surface area contributed by atoms with Crippen LogP contribution < -0.4 is 5.56 Å². The molecule has 1 atom stereocenters. The van der Waals surface area contributed by atoms with Gasteiger partial charge in [-0.15, -0.1) is 0 Å². The molecule has 1 unspecified atom stereocenters. The molecule has 2 aromatic carbocycles. The molecule has 2 aromatic heterocycles. The average Bonchev–Trinajstić information content (AvgIpc) is 3.16. The lowest BCUT2D eigenvalue weighted by Gasteiger charge is -2.32. The molecule has 1 amide bonds. The van der Waals surface area contributed by atoms with Gasteiger partial charge in [0.05, 0.1) is 16.6 Å². The van der Waals surface area contributed by atoms with Crippen LogP contribution in [0.2, 0.25) is 0 Å². The molecular formula is C25H24N4O2. The fourth-order valence-electron chi connectivity index (χ4n) is 4.49. The number of aromatic nitrogens is 3. The van der Waals surface area contributed by atoms with Gasteiger partial charge >= 0.3 is 0 Å². The summed E-state index contributed by atoms with van der Waals surface area (Å²) in [6, 6.07) is 20.6. The van der Waals surface area contributed by atoms with E-state index in [0.717, 1.165) is 35.4 Å². The second-order valence-corrected chi connectivity index (χ2v) is 8.07. The maximum Gasteiger partial charge on any atom is 0.255 e. The number of aryl methyl sites for hydroxylation is 1. The smallest absolute Gasteiger partial charge is 0.255 e. The first-order chi connectivity index (χ1) is 15.1. The van der Waals surface area contributed by atoms with Crippen LogP contribution in [0, 0.1) is 0 Å². The molecule has 0 radical (unpaired) electrons. The van der Waals surface area contributed by atoms with Crippen molar-refractivity contribution in [1.82, 2.24) is 19.0 Å². The number of likely N-dealkylation sites (tertiary alicyclic amines) is 1. The van der Waals surface area contributed by atoms with Crippen LogP contribution in [-0.2, 0) is 7.05 Å². The highest BCUT2D eigenvalue weighted by molar-refractivity contribution is 5.94. The van der Waals surface area contributed by atoms with Crippen LogP contribution in [0.1, 0.15) is 34.9 Å². The first kappa shape index (κ1) is 19.3. The van der Waals surface area contributed by atoms with E-state index in [1.54, 1.807) is 12.3 Å². The molecule has 4 aromatic rings. The Morgan fingerprint density at radius 1 is 1.00 bits per heavy atom. The molecule has 0 spiro atoms. The number of hydrogen-bond donors (Lipinski definition) is 0. The third-order valence-electron chi connectivity index (χ3n) is 6.09. The predicted molar refractivity (Wildman–Crippen MR) is 121 cm³/mol. The van der Waals surface area contributed by atoms with E-state index in [4.69, 9.17) is 4.98 Å². The number of pyridine rings is 1. The zero-order chi connectivity index (χ0) is 21.4. The molecule has 1 aliphatic heterocycles. The van der Waals surface area contributed by atoms with Crippen molar-refractivity contribution in [2.24, 2.45) is 7.05 Å². The Bertz CT molecular complexity index is 1310. The highest BCUT2D eigenvalue weighted by Crippen LogP contribution is 2.29. The molecule has 6 heteroatoms. The number of nitrogens with zero attached hydrogens (tertiary/aromatic N) is 4. The van der Waals surface area contributed by atoms with Crippen molar-refractivity contribution in [2.45, 2.75) is 18.8 Å². The van der Waals surface area contributed by atoms with Crippen molar-refractivity contribution in [3.63, 3.8) is 0 Å². The van der Waals surface area contributed by atoms with Crippen LogP contribution in [0.4, 0.5) is 0 Å². The Kier molecular flexibility index (Phi) is 4.90. The highest BCUT2D eigenvalue weighted by Gasteiger charge is 2.28. The maximum atomic E-state index is 13.3. The summed E-state index contributed by atoms with van der Waals surface area (Å²) in [7, 11) is 2.04. The van der Waals surface area contributed by atoms with Crippen LogP contribution in [0.3, 0.4) is 0 Å². The average molecular weight is 412 g/mol. The van der Waals surface area contributed by atoms with Crippen molar-refractivity contribution in [2.75, 3.05) is 13.1 Å². The molecule has 1 aliphatic rings. The second-order valence-electron chi connectivity index (χ2n) is 8.07. The molecule has 1 saturated heterocycles. The Morgan fingerprint density at radius 2 is 1.77 bits per heavy atom. The second kappa shape index (κ2) is 7.87. The Hall–Kier alpha value is -3.67. The third-order valence-corrected chi connectivity index (χ3v) is 6.09. The SMILES string of the molecule is Cn1c(C2CCCN(C(=O)c3ccc(=O)n(-c4ccccc4)c3)C2)nc2ccccc21. The summed E-state index contributed by atoms with van der Waals surface area (Å²) in [5, 5.41) is 0. The van der Waals surface area contributed by atoms with Crippen LogP contribution in [-0.4, -0.2) is 38.0 Å². The van der Waals surface area contributed by atoms with Crippen LogP contribution >= 0.6 is 0 Å². The summed E-state index contributed by atoms with van der Waals surface area (Å²) in [4.78, 5) is 32.4. The zero-order valence-electron chi connectivity index (χ0n) is 17.4. The molecule has 156 valence electrons. The van der Waals surface area contributed by atoms with Gasteiger partial charge in [0.15, 0.2) is 0 Å². The topological polar surface area (TPSA) is 60.1 Å². The monoisotopic (exact) mass is 412 g/mol. The van der Waals surface area contributed by atoms with Crippen molar-refractivity contribution >= 4 is 16.9 Å². The van der Waals surface area contributed by atoms with Gasteiger partial charge in [-0.1, -0.05) is 30.3 Å². The van der Waals surface area contributed by atoms with Crippen LogP contribution in [0.5, 0.6) is 0 Å². The van der Waals surface area contributed by atoms with E-state index >= 15 is 0 Å². The van der Waals surface area contributed by atoms with E-state index < -0.39 is 0 Å². The number of imidazole rings is 1. The Morgan fingerprint density at radius 3 is 2.58 bits per heavy atom. The van der Waals surface area contributed by atoms with Gasteiger partial charge in [-0.05, 0) is 43.2 Å². The highest BCUT2D eigenvalue weighted by atomic mass is 16.2. The fraction of sp³-hybridized carbons (Fsp3) is 0.240. The quantitative estimate of drug-likeness (QED) is 0.515. The van der Waals surface area contributed by atoms with Crippen molar-refractivity contribution in [3.05, 3.63) is 94.7 Å². The first-order valence-electron chi connectivity index (χ1n) is 10.6. The summed E-state index contributed by atoms with van der Waals surface area (Å²) >= 11 is 0. The molecule has 31 heavy (non-hydrogen) atoms. The van der Waals surface area contributed by atoms with E-state index in [9.17, 15) is 9.59 Å². The number of piperidine rings is 1. The molecule has 3 heterocycles. The molecule has 6 nitrogen and oxygen atoms in total. The summed E-state index contributed by atoms with van der Waals surface area (Å²) in [6.07, 6.45) is 3.58. The predicted octanol–water partition coefficient (Wildman–Crippen LogP) is 3.74. The number of amides is 1. The Labute approximate surface area is 180 Å². The van der Waals surface area contributed by atoms with E-state index in [1.165, 1.54) is 10.6 Å². The number of benzene rings is 2. The minimum absolute atomic E-state index is 0.0480. The van der Waals surface area contributed by atoms with E-state index in [2.05, 4.69) is 10.6 Å². The largest absolute Gasteiger partial charge is 0.338 e. The van der Waals surface area contributed by atoms with Gasteiger partial charge < -0.3 is 9.47 Å². The van der Waals surface area contributed by atoms with Crippen molar-refractivity contribution in [1.29, 1.82) is 0 Å². The fourth-order valence-corrected chi connectivity index (χ4v) is 4.49. The number of carbonyl (C=O) groups is 1. The van der Waals surface area contributed by atoms with E-state index in [-0.39, 0.29) is 17.4 Å². The zero-order valence-corrected chi connectivity index (χ0v) is 17.4. The third kappa shape index (κ3) is 3.54. The van der Waals surface area contributed by atoms with Gasteiger partial charge in [0.25, 0.3) is 11.5 Å². The van der Waals surface area contributed by atoms with Gasteiger partial charge in [0.2, 0.25) is 0 Å². The standard InChI is InChI=1S/C25H24N4O2/c1-27-22-12-6-5-11-21(22)26-24(27)18-8-7-15-28(16-18)25(31)19-13-14-23(30)29(17-19)20-9-3-2-4-10-20/h2-6,9-14,17-18H,7-8,15-16H2,1H3.